The summed E-state index contributed by atoms with van der Waals surface area (Å²) in [6, 6.07) is 0. The summed E-state index contributed by atoms with van der Waals surface area (Å²) in [6.45, 7) is 2.64. The van der Waals surface area contributed by atoms with E-state index in [-0.39, 0.29) is 17.9 Å². The fourth-order valence-electron chi connectivity index (χ4n) is 1.05. The van der Waals surface area contributed by atoms with Crippen molar-refractivity contribution in [2.24, 2.45) is 11.5 Å². The Kier molecular flexibility index (Phi) is 7.78. The van der Waals surface area contributed by atoms with E-state index in [0.29, 0.717) is 17.5 Å². The molecule has 16 heavy (non-hydrogen) atoms. The van der Waals surface area contributed by atoms with E-state index in [1.165, 1.54) is 0 Å². The summed E-state index contributed by atoms with van der Waals surface area (Å²) in [5.74, 6) is -0.0799. The summed E-state index contributed by atoms with van der Waals surface area (Å²) in [7, 11) is -3.14. The van der Waals surface area contributed by atoms with Gasteiger partial charge < -0.3 is 11.5 Å². The summed E-state index contributed by atoms with van der Waals surface area (Å²) in [6.07, 6.45) is 0.789. The van der Waals surface area contributed by atoms with Crippen molar-refractivity contribution in [1.82, 2.24) is 0 Å². The smallest absolute Gasteiger partial charge is 0.218 e. The van der Waals surface area contributed by atoms with Gasteiger partial charge in [0.1, 0.15) is 0 Å². The first-order chi connectivity index (χ1) is 7.37. The highest BCUT2D eigenvalue weighted by molar-refractivity contribution is 8.01. The van der Waals surface area contributed by atoms with Gasteiger partial charge in [-0.2, -0.15) is 11.8 Å². The summed E-state index contributed by atoms with van der Waals surface area (Å²) in [5, 5.41) is 0.372. The zero-order valence-electron chi connectivity index (χ0n) is 9.52. The minimum absolute atomic E-state index is 0.0919. The van der Waals surface area contributed by atoms with Gasteiger partial charge in [-0.3, -0.25) is 4.79 Å². The number of primary amides is 1. The third kappa shape index (κ3) is 8.99. The van der Waals surface area contributed by atoms with Crippen molar-refractivity contribution in [3.8, 4) is 0 Å². The van der Waals surface area contributed by atoms with Gasteiger partial charge in [0.2, 0.25) is 5.91 Å². The van der Waals surface area contributed by atoms with Crippen LogP contribution in [0.1, 0.15) is 19.8 Å². The van der Waals surface area contributed by atoms with E-state index < -0.39 is 15.7 Å². The van der Waals surface area contributed by atoms with Crippen molar-refractivity contribution in [3.05, 3.63) is 0 Å². The van der Waals surface area contributed by atoms with Crippen molar-refractivity contribution in [2.75, 3.05) is 23.8 Å². The third-order valence-electron chi connectivity index (χ3n) is 2.03. The van der Waals surface area contributed by atoms with E-state index in [9.17, 15) is 13.2 Å². The molecular weight excluding hydrogens is 248 g/mol. The molecule has 96 valence electrons. The second-order valence-electron chi connectivity index (χ2n) is 3.63. The molecule has 1 amide bonds. The Morgan fingerprint density at radius 2 is 2.00 bits per heavy atom. The molecule has 0 aromatic rings. The third-order valence-corrected chi connectivity index (χ3v) is 5.18. The van der Waals surface area contributed by atoms with Crippen LogP contribution in [0.5, 0.6) is 0 Å². The normalized spacial score (nSPS) is 13.6. The molecule has 5 nitrogen and oxygen atoms in total. The molecule has 0 aliphatic heterocycles. The maximum absolute atomic E-state index is 11.4. The molecule has 0 bridgehead atoms. The fourth-order valence-corrected chi connectivity index (χ4v) is 3.87. The largest absolute Gasteiger partial charge is 0.370 e. The number of hydrogen-bond acceptors (Lipinski definition) is 5. The highest BCUT2D eigenvalue weighted by Crippen LogP contribution is 2.13. The van der Waals surface area contributed by atoms with Gasteiger partial charge in [0.15, 0.2) is 9.84 Å². The zero-order chi connectivity index (χ0) is 12.6. The maximum atomic E-state index is 11.4. The van der Waals surface area contributed by atoms with Gasteiger partial charge in [-0.25, -0.2) is 8.42 Å². The molecule has 0 aliphatic rings. The van der Waals surface area contributed by atoms with Crippen LogP contribution in [0.3, 0.4) is 0 Å². The summed E-state index contributed by atoms with van der Waals surface area (Å²) in [4.78, 5) is 10.5. The molecule has 0 radical (unpaired) electrons. The highest BCUT2D eigenvalue weighted by Gasteiger charge is 2.13. The van der Waals surface area contributed by atoms with Gasteiger partial charge in [-0.15, -0.1) is 0 Å². The quantitative estimate of drug-likeness (QED) is 0.600. The van der Waals surface area contributed by atoms with Gasteiger partial charge in [-0.1, -0.05) is 6.92 Å². The Balaban J connectivity index is 3.78. The van der Waals surface area contributed by atoms with E-state index in [1.807, 2.05) is 6.92 Å². The standard InChI is InChI=1S/C9H20N2O3S2/c1-8(2-4-10)15-5-7-16(13,14)6-3-9(11)12/h8H,2-7,10H2,1H3,(H2,11,12). The van der Waals surface area contributed by atoms with Crippen molar-refractivity contribution >= 4 is 27.5 Å². The van der Waals surface area contributed by atoms with Crippen LogP contribution < -0.4 is 11.5 Å². The topological polar surface area (TPSA) is 103 Å². The minimum Gasteiger partial charge on any atom is -0.370 e. The van der Waals surface area contributed by atoms with Crippen LogP contribution in [0.2, 0.25) is 0 Å². The lowest BCUT2D eigenvalue weighted by Gasteiger charge is -2.09. The number of rotatable bonds is 9. The molecule has 0 aromatic carbocycles. The first-order valence-electron chi connectivity index (χ1n) is 5.18. The Morgan fingerprint density at radius 3 is 2.50 bits per heavy atom. The molecule has 0 aliphatic carbocycles. The van der Waals surface area contributed by atoms with Gasteiger partial charge in [0.25, 0.3) is 0 Å². The lowest BCUT2D eigenvalue weighted by atomic mass is 10.3. The predicted molar refractivity (Wildman–Crippen MR) is 68.1 cm³/mol. The van der Waals surface area contributed by atoms with Crippen LogP contribution in [0.25, 0.3) is 0 Å². The lowest BCUT2D eigenvalue weighted by Crippen LogP contribution is -2.20. The van der Waals surface area contributed by atoms with E-state index in [1.54, 1.807) is 11.8 Å². The monoisotopic (exact) mass is 268 g/mol. The van der Waals surface area contributed by atoms with Crippen LogP contribution in [-0.4, -0.2) is 43.4 Å². The van der Waals surface area contributed by atoms with Crippen LogP contribution in [0.4, 0.5) is 0 Å². The van der Waals surface area contributed by atoms with E-state index in [2.05, 4.69) is 0 Å². The Hall–Kier alpha value is -0.270. The number of sulfone groups is 1. The highest BCUT2D eigenvalue weighted by atomic mass is 32.2. The van der Waals surface area contributed by atoms with Crippen LogP contribution >= 0.6 is 11.8 Å². The Labute approximate surface area is 101 Å². The van der Waals surface area contributed by atoms with Crippen molar-refractivity contribution in [2.45, 2.75) is 25.0 Å². The first-order valence-corrected chi connectivity index (χ1v) is 8.05. The SMILES string of the molecule is CC(CCN)SCCS(=O)(=O)CCC(N)=O. The second kappa shape index (κ2) is 7.92. The van der Waals surface area contributed by atoms with E-state index in [0.717, 1.165) is 6.42 Å². The molecule has 0 fully saturated rings. The molecule has 0 aromatic heterocycles. The molecule has 0 saturated carbocycles. The van der Waals surface area contributed by atoms with Crippen LogP contribution in [0, 0.1) is 0 Å². The van der Waals surface area contributed by atoms with Gasteiger partial charge in [-0.05, 0) is 13.0 Å². The van der Waals surface area contributed by atoms with Crippen molar-refractivity contribution in [3.63, 3.8) is 0 Å². The van der Waals surface area contributed by atoms with Gasteiger partial charge >= 0.3 is 0 Å². The average Bonchev–Trinajstić information content (AvgIpc) is 2.15. The number of nitrogens with two attached hydrogens (primary N) is 2. The Morgan fingerprint density at radius 1 is 1.38 bits per heavy atom. The summed E-state index contributed by atoms with van der Waals surface area (Å²) in [5.41, 5.74) is 10.3. The summed E-state index contributed by atoms with van der Waals surface area (Å²) < 4.78 is 22.9. The number of thioether (sulfide) groups is 1. The fraction of sp³-hybridized carbons (Fsp3) is 0.889. The molecule has 0 rings (SSSR count). The number of amides is 1. The van der Waals surface area contributed by atoms with Gasteiger partial charge in [0.05, 0.1) is 11.5 Å². The lowest BCUT2D eigenvalue weighted by molar-refractivity contribution is -0.117. The molecule has 1 unspecified atom stereocenters. The average molecular weight is 268 g/mol. The van der Waals surface area contributed by atoms with E-state index >= 15 is 0 Å². The molecule has 4 N–H and O–H groups in total. The molecular formula is C9H20N2O3S2. The maximum Gasteiger partial charge on any atom is 0.218 e. The van der Waals surface area contributed by atoms with Gasteiger partial charge in [0, 0.05) is 17.4 Å². The molecule has 0 spiro atoms. The zero-order valence-corrected chi connectivity index (χ0v) is 11.1. The minimum atomic E-state index is -3.14. The van der Waals surface area contributed by atoms with Crippen molar-refractivity contribution < 1.29 is 13.2 Å². The number of hydrogen-bond donors (Lipinski definition) is 2. The molecule has 0 saturated heterocycles. The first kappa shape index (κ1) is 15.7. The second-order valence-corrected chi connectivity index (χ2v) is 7.48. The number of carbonyl (C=O) groups is 1. The van der Waals surface area contributed by atoms with Crippen LogP contribution in [0.15, 0.2) is 0 Å². The van der Waals surface area contributed by atoms with Crippen LogP contribution in [-0.2, 0) is 14.6 Å². The molecule has 0 heterocycles. The van der Waals surface area contributed by atoms with Crippen molar-refractivity contribution in [1.29, 1.82) is 0 Å². The van der Waals surface area contributed by atoms with E-state index in [4.69, 9.17) is 11.5 Å². The predicted octanol–water partition coefficient (Wildman–Crippen LogP) is -0.253. The number of carbonyl (C=O) groups excluding carboxylic acids is 1. The summed E-state index contributed by atoms with van der Waals surface area (Å²) >= 11 is 1.59. The Bertz CT molecular complexity index is 304. The molecule has 1 atom stereocenters. The molecule has 7 heteroatoms.